The van der Waals surface area contributed by atoms with Crippen molar-refractivity contribution < 1.29 is 4.74 Å². The van der Waals surface area contributed by atoms with Crippen LogP contribution in [0.15, 0.2) is 115 Å². The number of hydrogen-bond acceptors (Lipinski definition) is 3. The maximum absolute atomic E-state index is 6.26. The first-order chi connectivity index (χ1) is 21.1. The van der Waals surface area contributed by atoms with Gasteiger partial charge in [0.1, 0.15) is 11.5 Å². The molecule has 4 heteroatoms. The standard InChI is InChI=1S/C39H25N3O/c1-39(2)28-13-6-3-10-22(28)24-19-18-23-25(36(24)39)20-21-31-34(23)26-11-4-7-15-30(26)42(31)38-40-29-14-9-17-33-35(29)37(41-38)27-12-5-8-16-32(27)43-33/h3-21H,1-2H3. The van der Waals surface area contributed by atoms with Crippen LogP contribution in [0.1, 0.15) is 25.0 Å². The lowest BCUT2D eigenvalue weighted by atomic mass is 9.80. The average Bonchev–Trinajstić information content (AvgIpc) is 3.50. The van der Waals surface area contributed by atoms with Crippen molar-refractivity contribution >= 4 is 43.5 Å². The highest BCUT2D eigenvalue weighted by Gasteiger charge is 2.37. The Balaban J connectivity index is 1.31. The van der Waals surface area contributed by atoms with E-state index in [2.05, 4.69) is 103 Å². The minimum Gasteiger partial charge on any atom is -0.456 e. The van der Waals surface area contributed by atoms with Crippen LogP contribution in [0.3, 0.4) is 0 Å². The molecule has 0 atom stereocenters. The summed E-state index contributed by atoms with van der Waals surface area (Å²) >= 11 is 0. The predicted octanol–water partition coefficient (Wildman–Crippen LogP) is 9.96. The van der Waals surface area contributed by atoms with Crippen LogP contribution in [0.4, 0.5) is 0 Å². The van der Waals surface area contributed by atoms with E-state index >= 15 is 0 Å². The van der Waals surface area contributed by atoms with Crippen LogP contribution in [0.5, 0.6) is 11.5 Å². The summed E-state index contributed by atoms with van der Waals surface area (Å²) in [6.45, 7) is 4.71. The maximum Gasteiger partial charge on any atom is 0.235 e. The fourth-order valence-electron chi connectivity index (χ4n) is 7.77. The van der Waals surface area contributed by atoms with Crippen molar-refractivity contribution in [2.24, 2.45) is 0 Å². The molecule has 0 N–H and O–H groups in total. The van der Waals surface area contributed by atoms with E-state index in [9.17, 15) is 0 Å². The maximum atomic E-state index is 6.26. The zero-order chi connectivity index (χ0) is 28.4. The lowest BCUT2D eigenvalue weighted by molar-refractivity contribution is 0.486. The molecule has 6 aromatic carbocycles. The minimum atomic E-state index is -0.0885. The normalized spacial score (nSPS) is 14.2. The Morgan fingerprint density at radius 1 is 0.558 bits per heavy atom. The van der Waals surface area contributed by atoms with Crippen LogP contribution in [-0.2, 0) is 5.41 Å². The Labute approximate surface area is 247 Å². The van der Waals surface area contributed by atoms with Crippen molar-refractivity contribution in [2.45, 2.75) is 19.3 Å². The highest BCUT2D eigenvalue weighted by atomic mass is 16.5. The van der Waals surface area contributed by atoms with E-state index in [0.717, 1.165) is 44.7 Å². The number of ether oxygens (including phenoxy) is 1. The van der Waals surface area contributed by atoms with Gasteiger partial charge in [-0.1, -0.05) is 92.7 Å². The lowest BCUT2D eigenvalue weighted by Crippen LogP contribution is -2.15. The van der Waals surface area contributed by atoms with Gasteiger partial charge in [0.15, 0.2) is 0 Å². The lowest BCUT2D eigenvalue weighted by Gasteiger charge is -2.23. The van der Waals surface area contributed by atoms with Gasteiger partial charge in [0.25, 0.3) is 0 Å². The molecule has 2 aromatic heterocycles. The van der Waals surface area contributed by atoms with Gasteiger partial charge in [0, 0.05) is 21.8 Å². The Morgan fingerprint density at radius 2 is 1.33 bits per heavy atom. The Hall–Kier alpha value is -5.48. The van der Waals surface area contributed by atoms with Gasteiger partial charge in [-0.3, -0.25) is 4.57 Å². The SMILES string of the molecule is CC1(C)c2ccccc2-c2ccc3c(ccc4c3c3ccccc3n4-c3nc4c5c(cccc5n3)Oc3ccccc3-4)c21. The predicted molar refractivity (Wildman–Crippen MR) is 174 cm³/mol. The van der Waals surface area contributed by atoms with Crippen LogP contribution >= 0.6 is 0 Å². The molecule has 0 amide bonds. The second kappa shape index (κ2) is 7.87. The largest absolute Gasteiger partial charge is 0.456 e. The van der Waals surface area contributed by atoms with Gasteiger partial charge < -0.3 is 4.74 Å². The molecular weight excluding hydrogens is 526 g/mol. The monoisotopic (exact) mass is 551 g/mol. The number of para-hydroxylation sites is 2. The van der Waals surface area contributed by atoms with Crippen LogP contribution in [0, 0.1) is 0 Å². The molecule has 202 valence electrons. The van der Waals surface area contributed by atoms with Gasteiger partial charge in [0.05, 0.1) is 27.6 Å². The summed E-state index contributed by atoms with van der Waals surface area (Å²) in [5.74, 6) is 2.28. The summed E-state index contributed by atoms with van der Waals surface area (Å²) < 4.78 is 8.49. The van der Waals surface area contributed by atoms with Crippen molar-refractivity contribution in [1.29, 1.82) is 0 Å². The van der Waals surface area contributed by atoms with E-state index in [-0.39, 0.29) is 5.41 Å². The molecule has 0 bridgehead atoms. The number of aromatic nitrogens is 3. The van der Waals surface area contributed by atoms with Crippen molar-refractivity contribution in [2.75, 3.05) is 0 Å². The minimum absolute atomic E-state index is 0.0885. The number of fused-ring (bicyclic) bond motifs is 11. The quantitative estimate of drug-likeness (QED) is 0.204. The molecule has 10 rings (SSSR count). The molecule has 3 heterocycles. The Kier molecular flexibility index (Phi) is 4.23. The molecule has 0 unspecified atom stereocenters. The number of rotatable bonds is 1. The average molecular weight is 552 g/mol. The third-order valence-electron chi connectivity index (χ3n) is 9.59. The number of nitrogens with zero attached hydrogens (tertiary/aromatic N) is 3. The molecule has 0 spiro atoms. The van der Waals surface area contributed by atoms with Gasteiger partial charge in [0.2, 0.25) is 5.95 Å². The Morgan fingerprint density at radius 3 is 2.26 bits per heavy atom. The van der Waals surface area contributed by atoms with E-state index in [4.69, 9.17) is 14.7 Å². The zero-order valence-corrected chi connectivity index (χ0v) is 23.7. The van der Waals surface area contributed by atoms with Crippen molar-refractivity contribution in [3.63, 3.8) is 0 Å². The zero-order valence-electron chi connectivity index (χ0n) is 23.7. The van der Waals surface area contributed by atoms with Crippen LogP contribution in [0.2, 0.25) is 0 Å². The summed E-state index contributed by atoms with van der Waals surface area (Å²) in [6.07, 6.45) is 0. The molecule has 0 radical (unpaired) electrons. The van der Waals surface area contributed by atoms with Crippen LogP contribution < -0.4 is 4.74 Å². The van der Waals surface area contributed by atoms with Crippen molar-refractivity contribution in [3.8, 4) is 39.8 Å². The smallest absolute Gasteiger partial charge is 0.235 e. The fraction of sp³-hybridized carbons (Fsp3) is 0.0769. The van der Waals surface area contributed by atoms with Crippen LogP contribution in [0.25, 0.3) is 71.8 Å². The molecule has 1 aliphatic heterocycles. The number of benzene rings is 6. The van der Waals surface area contributed by atoms with E-state index in [1.807, 2.05) is 30.3 Å². The highest BCUT2D eigenvalue weighted by molar-refractivity contribution is 6.22. The van der Waals surface area contributed by atoms with Gasteiger partial charge in [-0.25, -0.2) is 9.97 Å². The molecule has 2 aliphatic rings. The first kappa shape index (κ1) is 23.1. The summed E-state index contributed by atoms with van der Waals surface area (Å²) in [5.41, 5.74) is 10.3. The van der Waals surface area contributed by atoms with E-state index in [1.165, 1.54) is 43.8 Å². The van der Waals surface area contributed by atoms with Crippen molar-refractivity contribution in [1.82, 2.24) is 14.5 Å². The van der Waals surface area contributed by atoms with Gasteiger partial charge >= 0.3 is 0 Å². The topological polar surface area (TPSA) is 39.9 Å². The third-order valence-corrected chi connectivity index (χ3v) is 9.59. The first-order valence-corrected chi connectivity index (χ1v) is 14.8. The first-order valence-electron chi connectivity index (χ1n) is 14.8. The second-order valence-corrected chi connectivity index (χ2v) is 12.2. The third kappa shape index (κ3) is 2.85. The van der Waals surface area contributed by atoms with Crippen molar-refractivity contribution in [3.05, 3.63) is 126 Å². The molecule has 1 aliphatic carbocycles. The Bertz CT molecular complexity index is 2520. The van der Waals surface area contributed by atoms with E-state index in [1.54, 1.807) is 0 Å². The summed E-state index contributed by atoms with van der Waals surface area (Å²) in [6, 6.07) is 40.9. The molecule has 4 nitrogen and oxygen atoms in total. The summed E-state index contributed by atoms with van der Waals surface area (Å²) in [7, 11) is 0. The van der Waals surface area contributed by atoms with Gasteiger partial charge in [-0.2, -0.15) is 0 Å². The number of hydrogen-bond donors (Lipinski definition) is 0. The van der Waals surface area contributed by atoms with Gasteiger partial charge in [-0.05, 0) is 69.4 Å². The summed E-state index contributed by atoms with van der Waals surface area (Å²) in [5, 5.41) is 5.95. The summed E-state index contributed by atoms with van der Waals surface area (Å²) in [4.78, 5) is 10.4. The molecular formula is C39H25N3O. The van der Waals surface area contributed by atoms with E-state index < -0.39 is 0 Å². The van der Waals surface area contributed by atoms with E-state index in [0.29, 0.717) is 5.95 Å². The molecule has 43 heavy (non-hydrogen) atoms. The van der Waals surface area contributed by atoms with Crippen LogP contribution in [-0.4, -0.2) is 14.5 Å². The fourth-order valence-corrected chi connectivity index (χ4v) is 7.77. The molecule has 0 fully saturated rings. The van der Waals surface area contributed by atoms with Gasteiger partial charge in [-0.15, -0.1) is 0 Å². The molecule has 0 saturated heterocycles. The molecule has 0 saturated carbocycles. The highest BCUT2D eigenvalue weighted by Crippen LogP contribution is 2.52. The molecule has 8 aromatic rings. The second-order valence-electron chi connectivity index (χ2n) is 12.2.